The molecule has 0 heterocycles. The highest BCUT2D eigenvalue weighted by atomic mass is 16.5. The van der Waals surface area contributed by atoms with E-state index in [9.17, 15) is 0 Å². The van der Waals surface area contributed by atoms with Gasteiger partial charge in [-0.1, -0.05) is 33.1 Å². The minimum Gasteiger partial charge on any atom is -0.394 e. The first-order chi connectivity index (χ1) is 11.8. The summed E-state index contributed by atoms with van der Waals surface area (Å²) in [6.45, 7) is 36.0. The van der Waals surface area contributed by atoms with Crippen LogP contribution in [0.1, 0.15) is 46.0 Å². The largest absolute Gasteiger partial charge is 0.394 e. The number of hydrogen-bond donors (Lipinski definition) is 2. The average Bonchev–Trinajstić information content (AvgIpc) is 2.72. The molecule has 0 rings (SSSR count). The Morgan fingerprint density at radius 3 is 1.17 bits per heavy atom. The van der Waals surface area contributed by atoms with Crippen molar-refractivity contribution >= 4 is 0 Å². The molecular weight excluding hydrogens is 300 g/mol. The molecule has 3 nitrogen and oxygen atoms in total. The summed E-state index contributed by atoms with van der Waals surface area (Å²) >= 11 is 0. The number of ether oxygens (including phenoxy) is 1. The van der Waals surface area contributed by atoms with E-state index in [2.05, 4.69) is 79.6 Å². The lowest BCUT2D eigenvalue weighted by Gasteiger charge is -2.00. The Morgan fingerprint density at radius 1 is 0.542 bits per heavy atom. The van der Waals surface area contributed by atoms with Gasteiger partial charge in [0.05, 0.1) is 13.2 Å². The molecule has 0 aliphatic rings. The molecule has 0 fully saturated rings. The molecule has 0 aromatic heterocycles. The van der Waals surface area contributed by atoms with Crippen molar-refractivity contribution in [2.75, 3.05) is 26.4 Å². The molecule has 0 radical (unpaired) electrons. The van der Waals surface area contributed by atoms with Crippen LogP contribution in [0.2, 0.25) is 0 Å². The molecule has 0 saturated carbocycles. The van der Waals surface area contributed by atoms with E-state index in [1.54, 1.807) is 0 Å². The second-order valence-corrected chi connectivity index (χ2v) is 3.12. The van der Waals surface area contributed by atoms with E-state index in [0.717, 1.165) is 19.6 Å². The van der Waals surface area contributed by atoms with Crippen molar-refractivity contribution in [1.29, 1.82) is 0 Å². The molecule has 0 aliphatic carbocycles. The van der Waals surface area contributed by atoms with Crippen molar-refractivity contribution in [2.45, 2.75) is 46.0 Å². The maximum absolute atomic E-state index is 7.62. The molecule has 0 aliphatic heterocycles. The molecule has 0 aromatic carbocycles. The molecule has 0 saturated heterocycles. The molecule has 3 heteroatoms. The van der Waals surface area contributed by atoms with Crippen LogP contribution >= 0.6 is 0 Å². The quantitative estimate of drug-likeness (QED) is 0.420. The van der Waals surface area contributed by atoms with Crippen LogP contribution in [0.3, 0.4) is 0 Å². The SMILES string of the molecule is C=C.C=C.C=C.C=C.C=C.CCCCCCOCCC.OCCO. The normalized spacial score (nSPS) is 6.33. The Balaban J connectivity index is -0.0000000347. The summed E-state index contributed by atoms with van der Waals surface area (Å²) in [5.41, 5.74) is 0. The molecule has 0 atom stereocenters. The summed E-state index contributed by atoms with van der Waals surface area (Å²) in [5.74, 6) is 0. The van der Waals surface area contributed by atoms with Crippen LogP contribution in [-0.2, 0) is 4.74 Å². The number of unbranched alkanes of at least 4 members (excludes halogenated alkanes) is 3. The standard InChI is InChI=1S/C9H20O.C2H6O2.5C2H4/c1-3-5-6-7-9-10-8-4-2;3-1-2-4;5*1-2/h3-9H2,1-2H3;3-4H,1-2H2;5*1-2H2. The summed E-state index contributed by atoms with van der Waals surface area (Å²) in [6.07, 6.45) is 6.39. The molecule has 24 heavy (non-hydrogen) atoms. The first-order valence-electron chi connectivity index (χ1n) is 8.12. The minimum atomic E-state index is -0.125. The van der Waals surface area contributed by atoms with Gasteiger partial charge in [-0.25, -0.2) is 0 Å². The van der Waals surface area contributed by atoms with Crippen molar-refractivity contribution in [1.82, 2.24) is 0 Å². The Labute approximate surface area is 153 Å². The van der Waals surface area contributed by atoms with E-state index in [0.29, 0.717) is 0 Å². The molecule has 148 valence electrons. The van der Waals surface area contributed by atoms with Gasteiger partial charge in [0.15, 0.2) is 0 Å². The Kier molecular flexibility index (Phi) is 224. The van der Waals surface area contributed by atoms with E-state index >= 15 is 0 Å². The van der Waals surface area contributed by atoms with Crippen LogP contribution < -0.4 is 0 Å². The van der Waals surface area contributed by atoms with Gasteiger partial charge in [0, 0.05) is 13.2 Å². The zero-order valence-electron chi connectivity index (χ0n) is 16.7. The first-order valence-corrected chi connectivity index (χ1v) is 8.12. The second-order valence-electron chi connectivity index (χ2n) is 3.12. The molecule has 0 aromatic rings. The summed E-state index contributed by atoms with van der Waals surface area (Å²) in [6, 6.07) is 0. The summed E-state index contributed by atoms with van der Waals surface area (Å²) in [4.78, 5) is 0. The molecule has 2 N–H and O–H groups in total. The molecule has 0 amide bonds. The Morgan fingerprint density at radius 2 is 0.917 bits per heavy atom. The van der Waals surface area contributed by atoms with Crippen LogP contribution in [0.25, 0.3) is 0 Å². The van der Waals surface area contributed by atoms with Gasteiger partial charge in [-0.15, -0.1) is 65.8 Å². The minimum absolute atomic E-state index is 0.125. The van der Waals surface area contributed by atoms with Crippen LogP contribution in [-0.4, -0.2) is 36.6 Å². The third kappa shape index (κ3) is 182. The maximum atomic E-state index is 7.62. The monoisotopic (exact) mass is 346 g/mol. The van der Waals surface area contributed by atoms with E-state index in [1.165, 1.54) is 25.7 Å². The van der Waals surface area contributed by atoms with E-state index in [-0.39, 0.29) is 13.2 Å². The third-order valence-corrected chi connectivity index (χ3v) is 1.59. The lowest BCUT2D eigenvalue weighted by atomic mass is 10.2. The van der Waals surface area contributed by atoms with Gasteiger partial charge in [-0.3, -0.25) is 0 Å². The average molecular weight is 347 g/mol. The van der Waals surface area contributed by atoms with Gasteiger partial charge in [0.2, 0.25) is 0 Å². The summed E-state index contributed by atoms with van der Waals surface area (Å²) < 4.78 is 5.33. The first kappa shape index (κ1) is 43.3. The molecular formula is C21H46O3. The van der Waals surface area contributed by atoms with Crippen LogP contribution in [0.15, 0.2) is 65.8 Å². The van der Waals surface area contributed by atoms with Crippen molar-refractivity contribution in [2.24, 2.45) is 0 Å². The smallest absolute Gasteiger partial charge is 0.0662 e. The lowest BCUT2D eigenvalue weighted by molar-refractivity contribution is 0.130. The highest BCUT2D eigenvalue weighted by Crippen LogP contribution is 1.98. The molecule has 0 spiro atoms. The fourth-order valence-corrected chi connectivity index (χ4v) is 0.877. The Bertz CT molecular complexity index is 109. The lowest BCUT2D eigenvalue weighted by Crippen LogP contribution is -1.94. The van der Waals surface area contributed by atoms with Gasteiger partial charge in [0.25, 0.3) is 0 Å². The van der Waals surface area contributed by atoms with E-state index in [1.807, 2.05) is 0 Å². The van der Waals surface area contributed by atoms with Crippen molar-refractivity contribution in [3.63, 3.8) is 0 Å². The predicted octanol–water partition coefficient (Wildman–Crippen LogP) is 5.98. The number of aliphatic hydroxyl groups is 2. The zero-order chi connectivity index (χ0) is 21.1. The topological polar surface area (TPSA) is 49.7 Å². The van der Waals surface area contributed by atoms with Crippen LogP contribution in [0, 0.1) is 0 Å². The number of rotatable bonds is 8. The van der Waals surface area contributed by atoms with E-state index < -0.39 is 0 Å². The van der Waals surface area contributed by atoms with Crippen molar-refractivity contribution in [3.05, 3.63) is 65.8 Å². The van der Waals surface area contributed by atoms with Gasteiger partial charge < -0.3 is 14.9 Å². The second kappa shape index (κ2) is 124. The van der Waals surface area contributed by atoms with Gasteiger partial charge in [-0.2, -0.15) is 0 Å². The van der Waals surface area contributed by atoms with Gasteiger partial charge >= 0.3 is 0 Å². The highest BCUT2D eigenvalue weighted by molar-refractivity contribution is 4.38. The van der Waals surface area contributed by atoms with Crippen molar-refractivity contribution < 1.29 is 14.9 Å². The predicted molar refractivity (Wildman–Crippen MR) is 116 cm³/mol. The fourth-order valence-electron chi connectivity index (χ4n) is 0.877. The van der Waals surface area contributed by atoms with Gasteiger partial charge in [-0.05, 0) is 12.8 Å². The third-order valence-electron chi connectivity index (χ3n) is 1.59. The molecule has 0 bridgehead atoms. The summed E-state index contributed by atoms with van der Waals surface area (Å²) in [7, 11) is 0. The highest BCUT2D eigenvalue weighted by Gasteiger charge is 1.86. The fraction of sp³-hybridized carbons (Fsp3) is 0.524. The van der Waals surface area contributed by atoms with Crippen LogP contribution in [0.5, 0.6) is 0 Å². The van der Waals surface area contributed by atoms with Crippen LogP contribution in [0.4, 0.5) is 0 Å². The van der Waals surface area contributed by atoms with Crippen molar-refractivity contribution in [3.8, 4) is 0 Å². The summed E-state index contributed by atoms with van der Waals surface area (Å²) in [5, 5.41) is 15.2. The maximum Gasteiger partial charge on any atom is 0.0662 e. The van der Waals surface area contributed by atoms with E-state index in [4.69, 9.17) is 14.9 Å². The number of hydrogen-bond acceptors (Lipinski definition) is 3. The molecule has 0 unspecified atom stereocenters. The van der Waals surface area contributed by atoms with Gasteiger partial charge in [0.1, 0.15) is 0 Å². The zero-order valence-corrected chi connectivity index (χ0v) is 16.7. The Hall–Kier alpha value is -1.42. The number of aliphatic hydroxyl groups excluding tert-OH is 2.